The minimum atomic E-state index is 0.0477. The molecule has 1 N–H and O–H groups in total. The van der Waals surface area contributed by atoms with Gasteiger partial charge in [0.2, 0.25) is 6.71 Å². The molecule has 1 fully saturated rings. The second-order valence-electron chi connectivity index (χ2n) is 19.9. The summed E-state index contributed by atoms with van der Waals surface area (Å²) >= 11 is 4.93. The number of alkyl halides is 1. The van der Waals surface area contributed by atoms with E-state index in [0.29, 0.717) is 5.92 Å². The van der Waals surface area contributed by atoms with Crippen LogP contribution in [-0.2, 0) is 14.3 Å². The van der Waals surface area contributed by atoms with Crippen LogP contribution in [0, 0.1) is 6.92 Å². The third kappa shape index (κ3) is 6.91. The maximum Gasteiger partial charge on any atom is 0.226 e. The van der Waals surface area contributed by atoms with Crippen LogP contribution < -0.4 is 15.7 Å². The fraction of sp³-hybridized carbons (Fsp3) is 0.385. The van der Waals surface area contributed by atoms with Crippen LogP contribution in [0.3, 0.4) is 0 Å². The van der Waals surface area contributed by atoms with Gasteiger partial charge in [-0.25, -0.2) is 0 Å². The Labute approximate surface area is 360 Å². The Morgan fingerprint density at radius 3 is 2.23 bits per heavy atom. The van der Waals surface area contributed by atoms with Gasteiger partial charge in [0.05, 0.1) is 6.04 Å². The standard InChI is InChI=1S/C52H58BIN2S/c1-31-25-44(55-38-20-18-36(19-21-38)50(4,5)6)47-45(26-31)56(39-22-16-34-13-11-12-14-35(34)27-39)48-41-29-42-40(32(2)23-24-52(42,10)54)30-46(41)57-49(48)53(47)43-28-37(51(7,8)9)17-15-33(43)3/h11-22,25,27-30,32,45,48-49,55H,23-24,26H2,1-10H3/t32-,45?,48?,49?,52-/m0/s1. The van der Waals surface area contributed by atoms with Gasteiger partial charge in [-0.05, 0) is 137 Å². The van der Waals surface area contributed by atoms with Crippen LogP contribution in [0.5, 0.6) is 0 Å². The highest BCUT2D eigenvalue weighted by Crippen LogP contribution is 2.59. The van der Waals surface area contributed by atoms with Gasteiger partial charge in [-0.2, -0.15) is 0 Å². The quantitative estimate of drug-likeness (QED) is 0.110. The number of fused-ring (bicyclic) bond motifs is 6. The molecule has 5 heteroatoms. The minimum absolute atomic E-state index is 0.0477. The molecule has 0 aromatic heterocycles. The van der Waals surface area contributed by atoms with Crippen molar-refractivity contribution in [1.82, 2.24) is 0 Å². The van der Waals surface area contributed by atoms with E-state index in [1.807, 2.05) is 0 Å². The predicted octanol–water partition coefficient (Wildman–Crippen LogP) is 13.9. The van der Waals surface area contributed by atoms with Gasteiger partial charge < -0.3 is 10.2 Å². The summed E-state index contributed by atoms with van der Waals surface area (Å²) in [5, 5.41) is 6.97. The van der Waals surface area contributed by atoms with E-state index in [1.165, 1.54) is 78.7 Å². The van der Waals surface area contributed by atoms with E-state index >= 15 is 0 Å². The first kappa shape index (κ1) is 39.1. The van der Waals surface area contributed by atoms with Crippen LogP contribution in [0.1, 0.15) is 127 Å². The largest absolute Gasteiger partial charge is 0.358 e. The molecule has 3 unspecified atom stereocenters. The highest BCUT2D eigenvalue weighted by atomic mass is 127. The summed E-state index contributed by atoms with van der Waals surface area (Å²) in [5.74, 6) is 0.576. The SMILES string of the molecule is CC1=CC(Nc2ccc(C(C)(C)C)cc2)=C2B(c3cc(C(C)(C)C)ccc3C)C3Sc4cc5c(cc4C3N(c3ccc4ccccc4c3)C2C1)[C@@](C)(I)CC[C@@H]5C. The Bertz CT molecular complexity index is 2460. The van der Waals surface area contributed by atoms with Crippen molar-refractivity contribution in [3.8, 4) is 0 Å². The van der Waals surface area contributed by atoms with Crippen molar-refractivity contribution in [2.24, 2.45) is 0 Å². The third-order valence-corrected chi connectivity index (χ3v) is 16.2. The van der Waals surface area contributed by atoms with Crippen LogP contribution in [0.15, 0.2) is 125 Å². The zero-order valence-corrected chi connectivity index (χ0v) is 38.5. The van der Waals surface area contributed by atoms with E-state index in [4.69, 9.17) is 0 Å². The Balaban J connectivity index is 1.32. The Morgan fingerprint density at radius 2 is 1.51 bits per heavy atom. The molecule has 0 radical (unpaired) electrons. The molecular weight excluding hydrogens is 822 g/mol. The van der Waals surface area contributed by atoms with E-state index < -0.39 is 0 Å². The lowest BCUT2D eigenvalue weighted by Crippen LogP contribution is -2.61. The highest BCUT2D eigenvalue weighted by Gasteiger charge is 2.55. The first-order chi connectivity index (χ1) is 27.0. The molecule has 0 amide bonds. The maximum atomic E-state index is 4.08. The first-order valence-corrected chi connectivity index (χ1v) is 23.1. The van der Waals surface area contributed by atoms with E-state index in [-0.39, 0.29) is 38.2 Å². The van der Waals surface area contributed by atoms with Crippen LogP contribution in [0.4, 0.5) is 11.4 Å². The Hall–Kier alpha value is -3.42. The number of thioether (sulfide) groups is 1. The second-order valence-corrected chi connectivity index (χ2v) is 23.5. The van der Waals surface area contributed by atoms with Gasteiger partial charge in [-0.1, -0.05) is 154 Å². The molecule has 2 heterocycles. The molecule has 292 valence electrons. The fourth-order valence-electron chi connectivity index (χ4n) is 10.3. The zero-order valence-electron chi connectivity index (χ0n) is 35.6. The van der Waals surface area contributed by atoms with Crippen molar-refractivity contribution in [2.75, 3.05) is 10.2 Å². The molecule has 2 aliphatic carbocycles. The van der Waals surface area contributed by atoms with Crippen molar-refractivity contribution in [3.05, 3.63) is 153 Å². The number of nitrogens with zero attached hydrogens (tertiary/aromatic N) is 1. The number of anilines is 2. The van der Waals surface area contributed by atoms with E-state index in [1.54, 1.807) is 11.1 Å². The van der Waals surface area contributed by atoms with Crippen molar-refractivity contribution >= 4 is 68.7 Å². The third-order valence-electron chi connectivity index (χ3n) is 13.6. The summed E-state index contributed by atoms with van der Waals surface area (Å²) in [7, 11) is 0. The fourth-order valence-corrected chi connectivity index (χ4v) is 12.7. The number of hydrogen-bond donors (Lipinski definition) is 1. The van der Waals surface area contributed by atoms with Gasteiger partial charge in [-0.15, -0.1) is 11.8 Å². The zero-order chi connectivity index (χ0) is 40.2. The van der Waals surface area contributed by atoms with Crippen molar-refractivity contribution < 1.29 is 0 Å². The minimum Gasteiger partial charge on any atom is -0.358 e. The van der Waals surface area contributed by atoms with Gasteiger partial charge in [-0.3, -0.25) is 0 Å². The summed E-state index contributed by atoms with van der Waals surface area (Å²) < 4.78 is 0.131. The summed E-state index contributed by atoms with van der Waals surface area (Å²) in [6, 6.07) is 38.4. The van der Waals surface area contributed by atoms with Crippen molar-refractivity contribution in [2.45, 2.75) is 131 Å². The number of allylic oxidation sites excluding steroid dienone is 1. The number of halogens is 1. The topological polar surface area (TPSA) is 15.3 Å². The molecule has 0 bridgehead atoms. The molecule has 0 spiro atoms. The normalized spacial score (nSPS) is 24.5. The molecule has 57 heavy (non-hydrogen) atoms. The molecule has 1 saturated heterocycles. The number of rotatable bonds is 4. The van der Waals surface area contributed by atoms with Gasteiger partial charge in [0.15, 0.2) is 0 Å². The van der Waals surface area contributed by atoms with Gasteiger partial charge >= 0.3 is 0 Å². The van der Waals surface area contributed by atoms with Gasteiger partial charge in [0, 0.05) is 36.6 Å². The Kier molecular flexibility index (Phi) is 9.67. The first-order valence-electron chi connectivity index (χ1n) is 21.2. The molecule has 5 aromatic carbocycles. The molecule has 9 rings (SSSR count). The monoisotopic (exact) mass is 880 g/mol. The van der Waals surface area contributed by atoms with Gasteiger partial charge in [0.25, 0.3) is 0 Å². The van der Waals surface area contributed by atoms with E-state index in [2.05, 4.69) is 217 Å². The molecule has 4 aliphatic rings. The average molecular weight is 881 g/mol. The van der Waals surface area contributed by atoms with Crippen molar-refractivity contribution in [1.29, 1.82) is 0 Å². The predicted molar refractivity (Wildman–Crippen MR) is 257 cm³/mol. The van der Waals surface area contributed by atoms with Crippen LogP contribution in [0.2, 0.25) is 0 Å². The number of nitrogens with one attached hydrogen (secondary N) is 1. The van der Waals surface area contributed by atoms with E-state index in [0.717, 1.165) is 12.1 Å². The van der Waals surface area contributed by atoms with Gasteiger partial charge in [0.1, 0.15) is 0 Å². The van der Waals surface area contributed by atoms with Crippen LogP contribution in [-0.4, -0.2) is 17.9 Å². The summed E-state index contributed by atoms with van der Waals surface area (Å²) in [5.41, 5.74) is 17.2. The highest BCUT2D eigenvalue weighted by molar-refractivity contribution is 14.1. The van der Waals surface area contributed by atoms with E-state index in [9.17, 15) is 0 Å². The summed E-state index contributed by atoms with van der Waals surface area (Å²) in [6.45, 7) is 23.8. The molecular formula is C52H58BIN2S. The average Bonchev–Trinajstić information content (AvgIpc) is 3.52. The second kappa shape index (κ2) is 14.1. The number of hydrogen-bond acceptors (Lipinski definition) is 3. The van der Waals surface area contributed by atoms with Crippen LogP contribution in [0.25, 0.3) is 10.8 Å². The summed E-state index contributed by atoms with van der Waals surface area (Å²) in [6.07, 6.45) is 5.95. The lowest BCUT2D eigenvalue weighted by molar-refractivity contribution is 0.506. The lowest BCUT2D eigenvalue weighted by Gasteiger charge is -2.52. The molecule has 0 saturated carbocycles. The number of benzene rings is 5. The molecule has 5 atom stereocenters. The number of aryl methyl sites for hydroxylation is 1. The molecule has 2 aliphatic heterocycles. The molecule has 2 nitrogen and oxygen atoms in total. The van der Waals surface area contributed by atoms with Crippen LogP contribution >= 0.6 is 34.4 Å². The molecule has 5 aromatic rings. The summed E-state index contributed by atoms with van der Waals surface area (Å²) in [4.78, 5) is 4.37. The smallest absolute Gasteiger partial charge is 0.226 e. The maximum absolute atomic E-state index is 4.08. The van der Waals surface area contributed by atoms with Crippen molar-refractivity contribution in [3.63, 3.8) is 0 Å². The lowest BCUT2D eigenvalue weighted by atomic mass is 9.32. The Morgan fingerprint density at radius 1 is 0.807 bits per heavy atom.